The van der Waals surface area contributed by atoms with Gasteiger partial charge in [-0.25, -0.2) is 0 Å². The standard InChI is InChI=1S/C16H13ClN4O2/c1-10-3-4-12(17)9-13(10)21(2)16(22)15-19-14(20-23-15)11-5-7-18-8-6-11/h3-9H,1-2H3. The maximum absolute atomic E-state index is 12.5. The number of benzene rings is 1. The zero-order valence-corrected chi connectivity index (χ0v) is 13.3. The number of halogens is 1. The van der Waals surface area contributed by atoms with Gasteiger partial charge in [-0.1, -0.05) is 22.8 Å². The molecule has 0 saturated carbocycles. The molecule has 0 aliphatic heterocycles. The van der Waals surface area contributed by atoms with Crippen LogP contribution < -0.4 is 4.90 Å². The van der Waals surface area contributed by atoms with E-state index in [-0.39, 0.29) is 5.89 Å². The van der Waals surface area contributed by atoms with Crippen molar-refractivity contribution >= 4 is 23.2 Å². The Hall–Kier alpha value is -2.73. The van der Waals surface area contributed by atoms with Crippen molar-refractivity contribution in [2.24, 2.45) is 0 Å². The van der Waals surface area contributed by atoms with Gasteiger partial charge >= 0.3 is 11.8 Å². The molecule has 0 N–H and O–H groups in total. The number of nitrogens with zero attached hydrogens (tertiary/aromatic N) is 4. The van der Waals surface area contributed by atoms with Crippen LogP contribution in [0.2, 0.25) is 5.02 Å². The van der Waals surface area contributed by atoms with E-state index in [1.165, 1.54) is 4.90 Å². The molecule has 0 aliphatic rings. The summed E-state index contributed by atoms with van der Waals surface area (Å²) in [6.07, 6.45) is 3.24. The van der Waals surface area contributed by atoms with Gasteiger partial charge in [0, 0.05) is 35.7 Å². The first kappa shape index (κ1) is 15.2. The van der Waals surface area contributed by atoms with Gasteiger partial charge in [-0.15, -0.1) is 0 Å². The van der Waals surface area contributed by atoms with E-state index in [1.807, 2.05) is 13.0 Å². The molecule has 116 valence electrons. The number of carbonyl (C=O) groups excluding carboxylic acids is 1. The van der Waals surface area contributed by atoms with Gasteiger partial charge in [0.1, 0.15) is 0 Å². The monoisotopic (exact) mass is 328 g/mol. The molecule has 0 unspecified atom stereocenters. The molecule has 0 radical (unpaired) electrons. The van der Waals surface area contributed by atoms with Gasteiger partial charge in [0.05, 0.1) is 0 Å². The van der Waals surface area contributed by atoms with Crippen molar-refractivity contribution in [2.45, 2.75) is 6.92 Å². The predicted octanol–water partition coefficient (Wildman–Crippen LogP) is 3.37. The van der Waals surface area contributed by atoms with Crippen molar-refractivity contribution < 1.29 is 9.32 Å². The zero-order valence-electron chi connectivity index (χ0n) is 12.5. The van der Waals surface area contributed by atoms with Crippen molar-refractivity contribution in [3.05, 3.63) is 59.2 Å². The van der Waals surface area contributed by atoms with E-state index in [0.29, 0.717) is 16.5 Å². The molecule has 2 aromatic heterocycles. The fourth-order valence-electron chi connectivity index (χ4n) is 2.13. The number of anilines is 1. The minimum atomic E-state index is -0.400. The van der Waals surface area contributed by atoms with Crippen molar-refractivity contribution in [1.29, 1.82) is 0 Å². The smallest absolute Gasteiger partial charge is 0.316 e. The fraction of sp³-hybridized carbons (Fsp3) is 0.125. The molecule has 0 saturated heterocycles. The number of carbonyl (C=O) groups is 1. The highest BCUT2D eigenvalue weighted by Crippen LogP contribution is 2.25. The highest BCUT2D eigenvalue weighted by atomic mass is 35.5. The molecule has 0 fully saturated rings. The first-order chi connectivity index (χ1) is 11.1. The average Bonchev–Trinajstić information content (AvgIpc) is 3.06. The van der Waals surface area contributed by atoms with E-state index in [0.717, 1.165) is 11.1 Å². The van der Waals surface area contributed by atoms with E-state index >= 15 is 0 Å². The van der Waals surface area contributed by atoms with E-state index in [4.69, 9.17) is 16.1 Å². The number of rotatable bonds is 3. The second kappa shape index (κ2) is 6.18. The molecular formula is C16H13ClN4O2. The Balaban J connectivity index is 1.89. The molecule has 3 rings (SSSR count). The second-order valence-electron chi connectivity index (χ2n) is 4.95. The van der Waals surface area contributed by atoms with Crippen LogP contribution in [0, 0.1) is 6.92 Å². The number of hydrogen-bond donors (Lipinski definition) is 0. The molecule has 1 amide bonds. The minimum Gasteiger partial charge on any atom is -0.328 e. The molecule has 7 heteroatoms. The summed E-state index contributed by atoms with van der Waals surface area (Å²) >= 11 is 6.00. The van der Waals surface area contributed by atoms with Crippen LogP contribution in [0.3, 0.4) is 0 Å². The summed E-state index contributed by atoms with van der Waals surface area (Å²) in [6.45, 7) is 1.89. The summed E-state index contributed by atoms with van der Waals surface area (Å²) in [7, 11) is 1.64. The van der Waals surface area contributed by atoms with Crippen LogP contribution in [0.15, 0.2) is 47.2 Å². The predicted molar refractivity (Wildman–Crippen MR) is 86.5 cm³/mol. The molecule has 23 heavy (non-hydrogen) atoms. The summed E-state index contributed by atoms with van der Waals surface area (Å²) in [5.74, 6) is -0.145. The Morgan fingerprint density at radius 3 is 2.70 bits per heavy atom. The highest BCUT2D eigenvalue weighted by Gasteiger charge is 2.22. The fourth-order valence-corrected chi connectivity index (χ4v) is 2.29. The van der Waals surface area contributed by atoms with Crippen molar-refractivity contribution in [3.63, 3.8) is 0 Å². The van der Waals surface area contributed by atoms with Gasteiger partial charge < -0.3 is 9.42 Å². The summed E-state index contributed by atoms with van der Waals surface area (Å²) in [5.41, 5.74) is 2.33. The maximum atomic E-state index is 12.5. The summed E-state index contributed by atoms with van der Waals surface area (Å²) in [5, 5.41) is 4.39. The SMILES string of the molecule is Cc1ccc(Cl)cc1N(C)C(=O)c1nc(-c2ccncc2)no1. The third kappa shape index (κ3) is 3.07. The zero-order chi connectivity index (χ0) is 16.4. The first-order valence-corrected chi connectivity index (χ1v) is 7.22. The van der Waals surface area contributed by atoms with Gasteiger partial charge in [0.2, 0.25) is 5.82 Å². The Morgan fingerprint density at radius 2 is 1.96 bits per heavy atom. The normalized spacial score (nSPS) is 10.6. The Bertz CT molecular complexity index is 848. The van der Waals surface area contributed by atoms with Crippen molar-refractivity contribution in [3.8, 4) is 11.4 Å². The Labute approximate surface area is 137 Å². The third-order valence-corrected chi connectivity index (χ3v) is 3.62. The van der Waals surface area contributed by atoms with E-state index in [2.05, 4.69) is 15.1 Å². The summed E-state index contributed by atoms with van der Waals surface area (Å²) in [6, 6.07) is 8.81. The number of amides is 1. The quantitative estimate of drug-likeness (QED) is 0.737. The first-order valence-electron chi connectivity index (χ1n) is 6.84. The molecule has 0 aliphatic carbocycles. The van der Waals surface area contributed by atoms with Crippen LogP contribution in [0.5, 0.6) is 0 Å². The Morgan fingerprint density at radius 1 is 1.22 bits per heavy atom. The van der Waals surface area contributed by atoms with Crippen LogP contribution in [-0.4, -0.2) is 28.1 Å². The van der Waals surface area contributed by atoms with Crippen molar-refractivity contribution in [1.82, 2.24) is 15.1 Å². The molecule has 1 aromatic carbocycles. The van der Waals surface area contributed by atoms with Gasteiger partial charge in [-0.2, -0.15) is 4.98 Å². The topological polar surface area (TPSA) is 72.1 Å². The number of pyridine rings is 1. The maximum Gasteiger partial charge on any atom is 0.316 e. The van der Waals surface area contributed by atoms with Crippen LogP contribution in [0.1, 0.15) is 16.2 Å². The Kier molecular flexibility index (Phi) is 4.08. The van der Waals surface area contributed by atoms with Gasteiger partial charge in [-0.05, 0) is 36.8 Å². The molecule has 0 bridgehead atoms. The number of aryl methyl sites for hydroxylation is 1. The van der Waals surface area contributed by atoms with Crippen LogP contribution in [0.4, 0.5) is 5.69 Å². The lowest BCUT2D eigenvalue weighted by Crippen LogP contribution is -2.27. The lowest BCUT2D eigenvalue weighted by atomic mass is 10.2. The second-order valence-corrected chi connectivity index (χ2v) is 5.39. The number of aromatic nitrogens is 3. The third-order valence-electron chi connectivity index (χ3n) is 3.38. The lowest BCUT2D eigenvalue weighted by Gasteiger charge is -2.17. The van der Waals surface area contributed by atoms with Crippen LogP contribution >= 0.6 is 11.6 Å². The molecule has 2 heterocycles. The molecule has 0 spiro atoms. The molecule has 3 aromatic rings. The molecule has 0 atom stereocenters. The van der Waals surface area contributed by atoms with Gasteiger partial charge in [0.25, 0.3) is 0 Å². The van der Waals surface area contributed by atoms with Crippen LogP contribution in [0.25, 0.3) is 11.4 Å². The van der Waals surface area contributed by atoms with Crippen molar-refractivity contribution in [2.75, 3.05) is 11.9 Å². The van der Waals surface area contributed by atoms with E-state index in [1.54, 1.807) is 43.7 Å². The average molecular weight is 329 g/mol. The molecular weight excluding hydrogens is 316 g/mol. The summed E-state index contributed by atoms with van der Waals surface area (Å²) in [4.78, 5) is 22.0. The van der Waals surface area contributed by atoms with E-state index in [9.17, 15) is 4.79 Å². The minimum absolute atomic E-state index is 0.0845. The van der Waals surface area contributed by atoms with Gasteiger partial charge in [0.15, 0.2) is 0 Å². The number of hydrogen-bond acceptors (Lipinski definition) is 5. The van der Waals surface area contributed by atoms with E-state index < -0.39 is 5.91 Å². The van der Waals surface area contributed by atoms with Crippen LogP contribution in [-0.2, 0) is 0 Å². The molecule has 6 nitrogen and oxygen atoms in total. The highest BCUT2D eigenvalue weighted by molar-refractivity contribution is 6.31. The lowest BCUT2D eigenvalue weighted by molar-refractivity contribution is 0.0951. The van der Waals surface area contributed by atoms with Gasteiger partial charge in [-0.3, -0.25) is 9.78 Å². The summed E-state index contributed by atoms with van der Waals surface area (Å²) < 4.78 is 5.09. The largest absolute Gasteiger partial charge is 0.328 e.